The number of aromatic nitrogens is 1. The lowest BCUT2D eigenvalue weighted by Crippen LogP contribution is -1.93. The summed E-state index contributed by atoms with van der Waals surface area (Å²) in [6.45, 7) is 3.91. The van der Waals surface area contributed by atoms with E-state index in [2.05, 4.69) is 15.5 Å². The second-order valence-electron chi connectivity index (χ2n) is 3.67. The van der Waals surface area contributed by atoms with E-state index in [-0.39, 0.29) is 5.56 Å². The molecule has 1 N–H and O–H groups in total. The zero-order valence-electron chi connectivity index (χ0n) is 9.87. The van der Waals surface area contributed by atoms with Crippen LogP contribution in [0.3, 0.4) is 0 Å². The van der Waals surface area contributed by atoms with Crippen molar-refractivity contribution in [3.63, 3.8) is 0 Å². The molecule has 18 heavy (non-hydrogen) atoms. The summed E-state index contributed by atoms with van der Waals surface area (Å²) in [7, 11) is 0. The molecular formula is C12H11ClFN3S. The molecule has 0 saturated carbocycles. The van der Waals surface area contributed by atoms with Crippen molar-refractivity contribution in [2.45, 2.75) is 13.8 Å². The Labute approximate surface area is 113 Å². The van der Waals surface area contributed by atoms with E-state index in [9.17, 15) is 4.39 Å². The lowest BCUT2D eigenvalue weighted by Gasteiger charge is -1.99. The zero-order valence-corrected chi connectivity index (χ0v) is 11.4. The van der Waals surface area contributed by atoms with E-state index in [0.29, 0.717) is 10.2 Å². The minimum absolute atomic E-state index is 0.261. The van der Waals surface area contributed by atoms with Crippen molar-refractivity contribution in [1.82, 2.24) is 4.98 Å². The topological polar surface area (TPSA) is 37.3 Å². The molecule has 0 radical (unpaired) electrons. The van der Waals surface area contributed by atoms with E-state index in [0.717, 1.165) is 10.6 Å². The van der Waals surface area contributed by atoms with Crippen LogP contribution in [-0.4, -0.2) is 11.2 Å². The van der Waals surface area contributed by atoms with Crippen LogP contribution in [0.15, 0.2) is 23.3 Å². The predicted octanol–water partition coefficient (Wildman–Crippen LogP) is 4.00. The molecule has 0 saturated heterocycles. The van der Waals surface area contributed by atoms with Gasteiger partial charge in [-0.3, -0.25) is 5.43 Å². The maximum absolute atomic E-state index is 13.4. The van der Waals surface area contributed by atoms with Gasteiger partial charge in [0.05, 0.1) is 16.9 Å². The molecule has 0 aliphatic heterocycles. The average molecular weight is 284 g/mol. The molecule has 2 rings (SSSR count). The van der Waals surface area contributed by atoms with E-state index >= 15 is 0 Å². The lowest BCUT2D eigenvalue weighted by molar-refractivity contribution is 0.626. The molecule has 0 bridgehead atoms. The highest BCUT2D eigenvalue weighted by molar-refractivity contribution is 7.15. The Bertz CT molecular complexity index is 555. The predicted molar refractivity (Wildman–Crippen MR) is 74.2 cm³/mol. The van der Waals surface area contributed by atoms with Gasteiger partial charge in [-0.2, -0.15) is 5.10 Å². The van der Waals surface area contributed by atoms with Crippen molar-refractivity contribution in [2.75, 3.05) is 5.43 Å². The summed E-state index contributed by atoms with van der Waals surface area (Å²) in [4.78, 5) is 5.38. The zero-order chi connectivity index (χ0) is 13.1. The summed E-state index contributed by atoms with van der Waals surface area (Å²) in [5.41, 5.74) is 3.98. The smallest absolute Gasteiger partial charge is 0.203 e. The monoisotopic (exact) mass is 283 g/mol. The quantitative estimate of drug-likeness (QED) is 0.683. The Hall–Kier alpha value is -1.46. The van der Waals surface area contributed by atoms with E-state index in [4.69, 9.17) is 11.6 Å². The molecule has 94 valence electrons. The second-order valence-corrected chi connectivity index (χ2v) is 5.28. The first-order valence-corrected chi connectivity index (χ1v) is 6.44. The van der Waals surface area contributed by atoms with Gasteiger partial charge in [0.2, 0.25) is 5.13 Å². The highest BCUT2D eigenvalue weighted by Gasteiger charge is 2.04. The van der Waals surface area contributed by atoms with Crippen molar-refractivity contribution in [3.05, 3.63) is 45.2 Å². The summed E-state index contributed by atoms with van der Waals surface area (Å²) < 4.78 is 13.4. The van der Waals surface area contributed by atoms with Crippen LogP contribution >= 0.6 is 22.9 Å². The number of rotatable bonds is 3. The number of halogens is 2. The molecule has 3 nitrogen and oxygen atoms in total. The Morgan fingerprint density at radius 3 is 2.83 bits per heavy atom. The van der Waals surface area contributed by atoms with Crippen LogP contribution in [0, 0.1) is 19.7 Å². The second kappa shape index (κ2) is 5.46. The number of nitrogens with zero attached hydrogens (tertiary/aromatic N) is 2. The molecule has 0 unspecified atom stereocenters. The van der Waals surface area contributed by atoms with E-state index in [1.807, 2.05) is 13.8 Å². The summed E-state index contributed by atoms with van der Waals surface area (Å²) >= 11 is 7.36. The molecule has 1 aromatic carbocycles. The molecule has 0 atom stereocenters. The first-order valence-electron chi connectivity index (χ1n) is 5.25. The maximum atomic E-state index is 13.4. The number of hydrogen-bond donors (Lipinski definition) is 1. The number of thiazole rings is 1. The van der Waals surface area contributed by atoms with E-state index in [1.54, 1.807) is 12.1 Å². The molecule has 1 heterocycles. The number of hydrogen-bond acceptors (Lipinski definition) is 4. The Balaban J connectivity index is 2.12. The van der Waals surface area contributed by atoms with Crippen LogP contribution in [-0.2, 0) is 0 Å². The Morgan fingerprint density at radius 1 is 1.44 bits per heavy atom. The van der Waals surface area contributed by atoms with Gasteiger partial charge in [0.15, 0.2) is 0 Å². The molecule has 0 fully saturated rings. The molecule has 0 aliphatic rings. The minimum Gasteiger partial charge on any atom is -0.253 e. The molecular weight excluding hydrogens is 273 g/mol. The van der Waals surface area contributed by atoms with E-state index in [1.165, 1.54) is 23.6 Å². The van der Waals surface area contributed by atoms with Gasteiger partial charge < -0.3 is 0 Å². The van der Waals surface area contributed by atoms with Crippen molar-refractivity contribution < 1.29 is 4.39 Å². The van der Waals surface area contributed by atoms with Gasteiger partial charge in [0.1, 0.15) is 5.82 Å². The highest BCUT2D eigenvalue weighted by atomic mass is 35.5. The van der Waals surface area contributed by atoms with Gasteiger partial charge in [-0.15, -0.1) is 11.3 Å². The van der Waals surface area contributed by atoms with Gasteiger partial charge in [0, 0.05) is 10.4 Å². The molecule has 0 spiro atoms. The van der Waals surface area contributed by atoms with Crippen LogP contribution in [0.5, 0.6) is 0 Å². The van der Waals surface area contributed by atoms with Crippen molar-refractivity contribution >= 4 is 34.3 Å². The van der Waals surface area contributed by atoms with Gasteiger partial charge >= 0.3 is 0 Å². The fraction of sp³-hybridized carbons (Fsp3) is 0.167. The van der Waals surface area contributed by atoms with Gasteiger partial charge in [-0.05, 0) is 26.0 Å². The van der Waals surface area contributed by atoms with Crippen LogP contribution in [0.2, 0.25) is 5.02 Å². The van der Waals surface area contributed by atoms with Crippen LogP contribution in [0.4, 0.5) is 9.52 Å². The van der Waals surface area contributed by atoms with Gasteiger partial charge in [0.25, 0.3) is 0 Å². The third-order valence-electron chi connectivity index (χ3n) is 2.38. The molecule has 1 aromatic heterocycles. The Morgan fingerprint density at radius 2 is 2.22 bits per heavy atom. The van der Waals surface area contributed by atoms with Crippen LogP contribution < -0.4 is 5.43 Å². The summed E-state index contributed by atoms with van der Waals surface area (Å²) in [5, 5.41) is 4.94. The van der Waals surface area contributed by atoms with Crippen molar-refractivity contribution in [2.24, 2.45) is 5.10 Å². The third kappa shape index (κ3) is 2.86. The Kier molecular flexibility index (Phi) is 3.93. The fourth-order valence-corrected chi connectivity index (χ4v) is 2.28. The number of benzene rings is 1. The fourth-order valence-electron chi connectivity index (χ4n) is 1.31. The number of nitrogens with one attached hydrogen (secondary N) is 1. The summed E-state index contributed by atoms with van der Waals surface area (Å²) in [6, 6.07) is 4.50. The number of aryl methyl sites for hydroxylation is 2. The van der Waals surface area contributed by atoms with Crippen LogP contribution in [0.1, 0.15) is 16.1 Å². The molecule has 6 heteroatoms. The molecule has 0 amide bonds. The largest absolute Gasteiger partial charge is 0.253 e. The maximum Gasteiger partial charge on any atom is 0.203 e. The number of anilines is 1. The SMILES string of the molecule is Cc1nc(N/N=C/c2c(F)cccc2Cl)sc1C. The standard InChI is InChI=1S/C12H11ClFN3S/c1-7-8(2)18-12(16-7)17-15-6-9-10(13)4-3-5-11(9)14/h3-6H,1-2H3,(H,16,17)/b15-6+. The lowest BCUT2D eigenvalue weighted by atomic mass is 10.2. The number of hydrazone groups is 1. The first kappa shape index (κ1) is 13.0. The first-order chi connectivity index (χ1) is 8.58. The van der Waals surface area contributed by atoms with Crippen molar-refractivity contribution in [1.29, 1.82) is 0 Å². The van der Waals surface area contributed by atoms with E-state index < -0.39 is 5.82 Å². The summed E-state index contributed by atoms with van der Waals surface area (Å²) in [5.74, 6) is -0.403. The molecule has 2 aromatic rings. The van der Waals surface area contributed by atoms with Gasteiger partial charge in [-0.25, -0.2) is 9.37 Å². The van der Waals surface area contributed by atoms with Crippen LogP contribution in [0.25, 0.3) is 0 Å². The normalized spacial score (nSPS) is 11.1. The minimum atomic E-state index is -0.403. The van der Waals surface area contributed by atoms with Gasteiger partial charge in [-0.1, -0.05) is 17.7 Å². The highest BCUT2D eigenvalue weighted by Crippen LogP contribution is 2.21. The average Bonchev–Trinajstić information content (AvgIpc) is 2.62. The summed E-state index contributed by atoms with van der Waals surface area (Å²) in [6.07, 6.45) is 1.35. The third-order valence-corrected chi connectivity index (χ3v) is 3.69. The molecule has 0 aliphatic carbocycles. The van der Waals surface area contributed by atoms with Crippen molar-refractivity contribution in [3.8, 4) is 0 Å².